The zero-order chi connectivity index (χ0) is 18.5. The molecule has 0 saturated heterocycles. The Bertz CT molecular complexity index is 1020. The highest BCUT2D eigenvalue weighted by molar-refractivity contribution is 6.42. The Morgan fingerprint density at radius 3 is 2.38 bits per heavy atom. The van der Waals surface area contributed by atoms with Crippen LogP contribution in [0.2, 0.25) is 10.0 Å². The highest BCUT2D eigenvalue weighted by Crippen LogP contribution is 2.21. The molecule has 7 heteroatoms. The van der Waals surface area contributed by atoms with Crippen molar-refractivity contribution in [1.29, 1.82) is 0 Å². The largest absolute Gasteiger partial charge is 0.329 e. The number of carbonyl (C=O) groups excluding carboxylic acids is 2. The zero-order valence-corrected chi connectivity index (χ0v) is 14.9. The number of nitrogens with zero attached hydrogens (tertiary/aromatic N) is 1. The van der Waals surface area contributed by atoms with Crippen molar-refractivity contribution in [3.05, 3.63) is 76.3 Å². The zero-order valence-electron chi connectivity index (χ0n) is 13.4. The summed E-state index contributed by atoms with van der Waals surface area (Å²) in [7, 11) is 0. The second-order valence-electron chi connectivity index (χ2n) is 5.39. The molecule has 0 heterocycles. The lowest BCUT2D eigenvalue weighted by Crippen LogP contribution is -2.32. The molecule has 0 atom stereocenters. The van der Waals surface area contributed by atoms with Crippen LogP contribution in [0, 0.1) is 0 Å². The van der Waals surface area contributed by atoms with E-state index in [0.717, 1.165) is 10.8 Å². The summed E-state index contributed by atoms with van der Waals surface area (Å²) >= 11 is 11.7. The van der Waals surface area contributed by atoms with Crippen molar-refractivity contribution in [3.63, 3.8) is 0 Å². The molecular formula is C19H13Cl2N3O2. The van der Waals surface area contributed by atoms with Crippen LogP contribution in [0.4, 0.5) is 5.69 Å². The van der Waals surface area contributed by atoms with Gasteiger partial charge in [0.15, 0.2) is 0 Å². The molecule has 0 fully saturated rings. The number of amides is 2. The molecule has 3 aromatic carbocycles. The van der Waals surface area contributed by atoms with Crippen LogP contribution in [0.1, 0.15) is 5.56 Å². The van der Waals surface area contributed by atoms with Crippen LogP contribution in [0.25, 0.3) is 10.8 Å². The minimum atomic E-state index is -0.880. The number of rotatable bonds is 3. The molecule has 26 heavy (non-hydrogen) atoms. The van der Waals surface area contributed by atoms with Gasteiger partial charge in [-0.25, -0.2) is 5.43 Å². The van der Waals surface area contributed by atoms with Gasteiger partial charge in [0.2, 0.25) is 0 Å². The Morgan fingerprint density at radius 2 is 1.62 bits per heavy atom. The summed E-state index contributed by atoms with van der Waals surface area (Å²) < 4.78 is 0. The molecule has 0 spiro atoms. The number of nitrogens with one attached hydrogen (secondary N) is 2. The molecule has 0 aliphatic carbocycles. The predicted molar refractivity (Wildman–Crippen MR) is 105 cm³/mol. The summed E-state index contributed by atoms with van der Waals surface area (Å²) in [5.41, 5.74) is 3.32. The summed E-state index contributed by atoms with van der Waals surface area (Å²) in [5.74, 6) is -1.69. The van der Waals surface area contributed by atoms with Gasteiger partial charge in [-0.15, -0.1) is 0 Å². The normalized spacial score (nSPS) is 10.8. The number of hydrogen-bond donors (Lipinski definition) is 2. The van der Waals surface area contributed by atoms with Crippen molar-refractivity contribution >= 4 is 57.7 Å². The number of fused-ring (bicyclic) bond motifs is 1. The maximum Gasteiger partial charge on any atom is 0.329 e. The average Bonchev–Trinajstić information content (AvgIpc) is 2.64. The Hall–Kier alpha value is -2.89. The molecule has 0 saturated carbocycles. The van der Waals surface area contributed by atoms with Crippen molar-refractivity contribution in [1.82, 2.24) is 5.43 Å². The number of halogens is 2. The Kier molecular flexibility index (Phi) is 5.51. The van der Waals surface area contributed by atoms with Crippen LogP contribution in [0.3, 0.4) is 0 Å². The van der Waals surface area contributed by atoms with Gasteiger partial charge in [0, 0.05) is 5.69 Å². The lowest BCUT2D eigenvalue weighted by molar-refractivity contribution is -0.136. The third-order valence-corrected chi connectivity index (χ3v) is 4.28. The first-order valence-electron chi connectivity index (χ1n) is 7.61. The highest BCUT2D eigenvalue weighted by atomic mass is 35.5. The van der Waals surface area contributed by atoms with E-state index in [4.69, 9.17) is 23.2 Å². The number of hydrogen-bond acceptors (Lipinski definition) is 3. The summed E-state index contributed by atoms with van der Waals surface area (Å²) in [6, 6.07) is 18.0. The van der Waals surface area contributed by atoms with Crippen molar-refractivity contribution in [3.8, 4) is 0 Å². The molecule has 5 nitrogen and oxygen atoms in total. The van der Waals surface area contributed by atoms with E-state index in [1.54, 1.807) is 30.3 Å². The molecule has 0 bridgehead atoms. The van der Waals surface area contributed by atoms with Gasteiger partial charge in [-0.05, 0) is 40.6 Å². The Labute approximate surface area is 159 Å². The number of carbonyl (C=O) groups is 2. The van der Waals surface area contributed by atoms with Gasteiger partial charge >= 0.3 is 11.8 Å². The van der Waals surface area contributed by atoms with Gasteiger partial charge in [0.1, 0.15) is 0 Å². The second kappa shape index (κ2) is 7.99. The number of hydrazone groups is 1. The molecule has 0 radical (unpaired) electrons. The smallest absolute Gasteiger partial charge is 0.318 e. The van der Waals surface area contributed by atoms with E-state index in [9.17, 15) is 9.59 Å². The summed E-state index contributed by atoms with van der Waals surface area (Å²) in [6.45, 7) is 0. The topological polar surface area (TPSA) is 70.6 Å². The molecule has 2 amide bonds. The van der Waals surface area contributed by atoms with Crippen LogP contribution in [0.5, 0.6) is 0 Å². The summed E-state index contributed by atoms with van der Waals surface area (Å²) in [5, 5.41) is 9.07. The molecule has 0 aliphatic rings. The first-order chi connectivity index (χ1) is 12.5. The summed E-state index contributed by atoms with van der Waals surface area (Å²) in [6.07, 6.45) is 1.36. The standard InChI is InChI=1S/C19H13Cl2N3O2/c20-16-8-5-12(9-17(16)21)11-22-24-19(26)18(25)23-15-7-6-13-3-1-2-4-14(13)10-15/h1-11H,(H,23,25)(H,24,26). The van der Waals surface area contributed by atoms with Gasteiger partial charge in [0.25, 0.3) is 0 Å². The van der Waals surface area contributed by atoms with E-state index in [1.165, 1.54) is 6.21 Å². The van der Waals surface area contributed by atoms with Crippen LogP contribution in [-0.4, -0.2) is 18.0 Å². The average molecular weight is 386 g/mol. The maximum atomic E-state index is 12.0. The molecule has 0 aliphatic heterocycles. The van der Waals surface area contributed by atoms with E-state index in [-0.39, 0.29) is 0 Å². The SMILES string of the molecule is O=C(NN=Cc1ccc(Cl)c(Cl)c1)C(=O)Nc1ccc2ccccc2c1. The molecule has 3 aromatic rings. The minimum Gasteiger partial charge on any atom is -0.318 e. The number of benzene rings is 3. The van der Waals surface area contributed by atoms with Crippen LogP contribution >= 0.6 is 23.2 Å². The Balaban J connectivity index is 1.60. The van der Waals surface area contributed by atoms with E-state index in [2.05, 4.69) is 15.8 Å². The van der Waals surface area contributed by atoms with Gasteiger partial charge in [-0.1, -0.05) is 59.6 Å². The second-order valence-corrected chi connectivity index (χ2v) is 6.20. The molecular weight excluding hydrogens is 373 g/mol. The van der Waals surface area contributed by atoms with Gasteiger partial charge < -0.3 is 5.32 Å². The van der Waals surface area contributed by atoms with Crippen LogP contribution < -0.4 is 10.7 Å². The van der Waals surface area contributed by atoms with E-state index >= 15 is 0 Å². The van der Waals surface area contributed by atoms with E-state index in [1.807, 2.05) is 30.3 Å². The van der Waals surface area contributed by atoms with Crippen LogP contribution in [-0.2, 0) is 9.59 Å². The van der Waals surface area contributed by atoms with E-state index < -0.39 is 11.8 Å². The fourth-order valence-electron chi connectivity index (χ4n) is 2.26. The number of anilines is 1. The lowest BCUT2D eigenvalue weighted by Gasteiger charge is -2.05. The highest BCUT2D eigenvalue weighted by Gasteiger charge is 2.13. The summed E-state index contributed by atoms with van der Waals surface area (Å²) in [4.78, 5) is 23.8. The Morgan fingerprint density at radius 1 is 0.846 bits per heavy atom. The molecule has 0 unspecified atom stereocenters. The van der Waals surface area contributed by atoms with Crippen molar-refractivity contribution in [2.75, 3.05) is 5.32 Å². The third kappa shape index (κ3) is 4.39. The van der Waals surface area contributed by atoms with Crippen LogP contribution in [0.15, 0.2) is 65.8 Å². The van der Waals surface area contributed by atoms with Gasteiger partial charge in [0.05, 0.1) is 16.3 Å². The monoisotopic (exact) mass is 385 g/mol. The third-order valence-electron chi connectivity index (χ3n) is 3.54. The predicted octanol–water partition coefficient (Wildman–Crippen LogP) is 4.24. The minimum absolute atomic E-state index is 0.371. The maximum absolute atomic E-state index is 12.0. The molecule has 130 valence electrons. The van der Waals surface area contributed by atoms with Gasteiger partial charge in [-0.2, -0.15) is 5.10 Å². The van der Waals surface area contributed by atoms with Crippen molar-refractivity contribution in [2.45, 2.75) is 0 Å². The lowest BCUT2D eigenvalue weighted by atomic mass is 10.1. The van der Waals surface area contributed by atoms with Crippen molar-refractivity contribution in [2.24, 2.45) is 5.10 Å². The first kappa shape index (κ1) is 17.9. The van der Waals surface area contributed by atoms with Crippen molar-refractivity contribution < 1.29 is 9.59 Å². The molecule has 0 aromatic heterocycles. The van der Waals surface area contributed by atoms with E-state index in [0.29, 0.717) is 21.3 Å². The first-order valence-corrected chi connectivity index (χ1v) is 8.37. The fourth-order valence-corrected chi connectivity index (χ4v) is 2.57. The quantitative estimate of drug-likeness (QED) is 0.402. The van der Waals surface area contributed by atoms with Gasteiger partial charge in [-0.3, -0.25) is 9.59 Å². The fraction of sp³-hybridized carbons (Fsp3) is 0. The molecule has 3 rings (SSSR count). The molecule has 2 N–H and O–H groups in total.